The first-order valence-corrected chi connectivity index (χ1v) is 5.50. The molecule has 2 aromatic heterocycles. The van der Waals surface area contributed by atoms with Gasteiger partial charge in [0.2, 0.25) is 0 Å². The van der Waals surface area contributed by atoms with Gasteiger partial charge in [-0.25, -0.2) is 9.67 Å². The highest BCUT2D eigenvalue weighted by Crippen LogP contribution is 2.12. The predicted molar refractivity (Wildman–Crippen MR) is 65.9 cm³/mol. The minimum atomic E-state index is -1.01. The molecule has 2 rings (SSSR count). The van der Waals surface area contributed by atoms with Crippen LogP contribution in [0.25, 0.3) is 0 Å². The lowest BCUT2D eigenvalue weighted by atomic mass is 10.4. The zero-order chi connectivity index (χ0) is 14.5. The van der Waals surface area contributed by atoms with Crippen molar-refractivity contribution in [1.82, 2.24) is 20.0 Å². The van der Waals surface area contributed by atoms with Crippen molar-refractivity contribution >= 4 is 17.5 Å². The average Bonchev–Trinajstić information content (AvgIpc) is 2.83. The van der Waals surface area contributed by atoms with Gasteiger partial charge in [0, 0.05) is 6.07 Å². The van der Waals surface area contributed by atoms with E-state index in [1.807, 2.05) is 0 Å². The van der Waals surface area contributed by atoms with Gasteiger partial charge < -0.3 is 10.4 Å². The summed E-state index contributed by atoms with van der Waals surface area (Å²) >= 11 is 0. The molecule has 0 unspecified atom stereocenters. The molecule has 0 spiro atoms. The molecular formula is C10H10N6O4. The quantitative estimate of drug-likeness (QED) is 0.567. The molecule has 0 saturated heterocycles. The maximum absolute atomic E-state index is 10.5. The van der Waals surface area contributed by atoms with E-state index in [2.05, 4.69) is 20.6 Å². The molecule has 10 heteroatoms. The summed E-state index contributed by atoms with van der Waals surface area (Å²) in [7, 11) is 0. The number of carboxylic acids is 1. The lowest BCUT2D eigenvalue weighted by Crippen LogP contribution is -2.09. The average molecular weight is 278 g/mol. The summed E-state index contributed by atoms with van der Waals surface area (Å²) in [6.45, 7) is 0.0210. The molecule has 0 aliphatic heterocycles. The van der Waals surface area contributed by atoms with Crippen LogP contribution in [-0.4, -0.2) is 36.0 Å². The summed E-state index contributed by atoms with van der Waals surface area (Å²) in [5.41, 5.74) is 0.439. The van der Waals surface area contributed by atoms with Crippen molar-refractivity contribution in [2.75, 3.05) is 5.32 Å². The Kier molecular flexibility index (Phi) is 3.84. The fourth-order valence-corrected chi connectivity index (χ4v) is 1.42. The van der Waals surface area contributed by atoms with Crippen LogP contribution < -0.4 is 5.32 Å². The number of carboxylic acid groups (broad SMARTS) is 1. The Morgan fingerprint density at radius 3 is 2.90 bits per heavy atom. The summed E-state index contributed by atoms with van der Waals surface area (Å²) in [6.07, 6.45) is 2.64. The first kappa shape index (κ1) is 13.4. The van der Waals surface area contributed by atoms with Gasteiger partial charge in [0.05, 0.1) is 17.7 Å². The molecule has 0 atom stereocenters. The van der Waals surface area contributed by atoms with Crippen LogP contribution in [0.4, 0.5) is 11.5 Å². The van der Waals surface area contributed by atoms with Gasteiger partial charge in [-0.2, -0.15) is 0 Å². The Morgan fingerprint density at radius 1 is 1.50 bits per heavy atom. The normalized spacial score (nSPS) is 10.2. The monoisotopic (exact) mass is 278 g/mol. The van der Waals surface area contributed by atoms with Gasteiger partial charge >= 0.3 is 5.97 Å². The van der Waals surface area contributed by atoms with E-state index in [0.29, 0.717) is 11.5 Å². The van der Waals surface area contributed by atoms with Crippen LogP contribution in [0, 0.1) is 10.1 Å². The van der Waals surface area contributed by atoms with Gasteiger partial charge in [0.25, 0.3) is 5.69 Å². The maximum atomic E-state index is 10.5. The fraction of sp³-hybridized carbons (Fsp3) is 0.200. The highest BCUT2D eigenvalue weighted by atomic mass is 16.6. The molecule has 0 amide bonds. The number of aliphatic carboxylic acids is 1. The number of nitrogens with zero attached hydrogens (tertiary/aromatic N) is 5. The number of hydrogen-bond donors (Lipinski definition) is 2. The third-order valence-electron chi connectivity index (χ3n) is 2.29. The van der Waals surface area contributed by atoms with Crippen molar-refractivity contribution in [3.05, 3.63) is 40.3 Å². The highest BCUT2D eigenvalue weighted by Gasteiger charge is 2.07. The summed E-state index contributed by atoms with van der Waals surface area (Å²) in [5.74, 6) is -0.560. The van der Waals surface area contributed by atoms with Crippen molar-refractivity contribution < 1.29 is 14.8 Å². The number of rotatable bonds is 6. The van der Waals surface area contributed by atoms with E-state index < -0.39 is 10.9 Å². The molecule has 0 aliphatic rings. The van der Waals surface area contributed by atoms with Crippen molar-refractivity contribution in [2.45, 2.75) is 13.1 Å². The second kappa shape index (κ2) is 5.73. The minimum absolute atomic E-state index is 0.0945. The van der Waals surface area contributed by atoms with Crippen LogP contribution in [0.15, 0.2) is 24.5 Å². The van der Waals surface area contributed by atoms with E-state index in [0.717, 1.165) is 6.20 Å². The second-order valence-electron chi connectivity index (χ2n) is 3.81. The SMILES string of the molecule is O=C(O)Cn1cc(CNc2ccc([N+](=O)[O-])cn2)nn1. The van der Waals surface area contributed by atoms with E-state index in [9.17, 15) is 14.9 Å². The molecule has 2 N–H and O–H groups in total. The predicted octanol–water partition coefficient (Wildman–Crippen LogP) is 0.278. The first-order chi connectivity index (χ1) is 9.54. The summed E-state index contributed by atoms with van der Waals surface area (Å²) < 4.78 is 1.20. The summed E-state index contributed by atoms with van der Waals surface area (Å²) in [4.78, 5) is 24.3. The number of anilines is 1. The zero-order valence-corrected chi connectivity index (χ0v) is 10.1. The van der Waals surface area contributed by atoms with Gasteiger partial charge in [0.1, 0.15) is 24.3 Å². The summed E-state index contributed by atoms with van der Waals surface area (Å²) in [6, 6.07) is 2.80. The molecule has 0 fully saturated rings. The molecule has 0 radical (unpaired) electrons. The number of nitrogens with one attached hydrogen (secondary N) is 1. The van der Waals surface area contributed by atoms with Gasteiger partial charge in [-0.15, -0.1) is 5.10 Å². The fourth-order valence-electron chi connectivity index (χ4n) is 1.42. The Labute approximate surface area is 112 Å². The molecule has 2 aromatic rings. The third kappa shape index (κ3) is 3.48. The summed E-state index contributed by atoms with van der Waals surface area (Å²) in [5, 5.41) is 29.4. The van der Waals surface area contributed by atoms with Gasteiger partial charge in [0.15, 0.2) is 0 Å². The standard InChI is InChI=1S/C10H10N6O4/c17-10(18)6-15-5-7(13-14-15)3-11-9-2-1-8(4-12-9)16(19)20/h1-2,4-5H,3,6H2,(H,11,12)(H,17,18). The molecule has 0 aromatic carbocycles. The second-order valence-corrected chi connectivity index (χ2v) is 3.81. The van der Waals surface area contributed by atoms with Crippen LogP contribution in [0.3, 0.4) is 0 Å². The topological polar surface area (TPSA) is 136 Å². The van der Waals surface area contributed by atoms with E-state index in [1.54, 1.807) is 0 Å². The van der Waals surface area contributed by atoms with Crippen molar-refractivity contribution in [1.29, 1.82) is 0 Å². The van der Waals surface area contributed by atoms with E-state index in [1.165, 1.54) is 23.0 Å². The molecule has 0 bridgehead atoms. The van der Waals surface area contributed by atoms with Gasteiger partial charge in [-0.3, -0.25) is 14.9 Å². The van der Waals surface area contributed by atoms with Crippen LogP contribution in [-0.2, 0) is 17.9 Å². The molecule has 104 valence electrons. The lowest BCUT2D eigenvalue weighted by Gasteiger charge is -2.01. The highest BCUT2D eigenvalue weighted by molar-refractivity contribution is 5.66. The molecular weight excluding hydrogens is 268 g/mol. The Balaban J connectivity index is 1.93. The zero-order valence-electron chi connectivity index (χ0n) is 10.1. The van der Waals surface area contributed by atoms with Crippen molar-refractivity contribution in [3.63, 3.8) is 0 Å². The van der Waals surface area contributed by atoms with Crippen LogP contribution >= 0.6 is 0 Å². The Hall–Kier alpha value is -3.04. The smallest absolute Gasteiger partial charge is 0.325 e. The molecule has 20 heavy (non-hydrogen) atoms. The van der Waals surface area contributed by atoms with E-state index in [-0.39, 0.29) is 18.8 Å². The van der Waals surface area contributed by atoms with Crippen molar-refractivity contribution in [3.8, 4) is 0 Å². The Bertz CT molecular complexity index is 623. The largest absolute Gasteiger partial charge is 0.480 e. The maximum Gasteiger partial charge on any atom is 0.325 e. The third-order valence-corrected chi connectivity index (χ3v) is 2.29. The van der Waals surface area contributed by atoms with Crippen molar-refractivity contribution in [2.24, 2.45) is 0 Å². The molecule has 0 aliphatic carbocycles. The number of nitro groups is 1. The lowest BCUT2D eigenvalue weighted by molar-refractivity contribution is -0.385. The van der Waals surface area contributed by atoms with E-state index in [4.69, 9.17) is 5.11 Å². The van der Waals surface area contributed by atoms with Crippen LogP contribution in [0.2, 0.25) is 0 Å². The first-order valence-electron chi connectivity index (χ1n) is 5.50. The van der Waals surface area contributed by atoms with Crippen LogP contribution in [0.1, 0.15) is 5.69 Å². The van der Waals surface area contributed by atoms with Gasteiger partial charge in [-0.05, 0) is 6.07 Å². The van der Waals surface area contributed by atoms with Gasteiger partial charge in [-0.1, -0.05) is 5.21 Å². The number of hydrogen-bond acceptors (Lipinski definition) is 7. The Morgan fingerprint density at radius 2 is 2.30 bits per heavy atom. The molecule has 0 saturated carbocycles. The van der Waals surface area contributed by atoms with Crippen LogP contribution in [0.5, 0.6) is 0 Å². The van der Waals surface area contributed by atoms with E-state index >= 15 is 0 Å². The molecule has 10 nitrogen and oxygen atoms in total. The number of carbonyl (C=O) groups is 1. The molecule has 2 heterocycles. The number of aromatic nitrogens is 4. The number of pyridine rings is 1. The minimum Gasteiger partial charge on any atom is -0.480 e.